The Morgan fingerprint density at radius 3 is 2.52 bits per heavy atom. The van der Waals surface area contributed by atoms with Gasteiger partial charge < -0.3 is 15.3 Å². The van der Waals surface area contributed by atoms with Crippen LogP contribution in [0.5, 0.6) is 0 Å². The van der Waals surface area contributed by atoms with Crippen LogP contribution in [0.3, 0.4) is 0 Å². The molecular formula is C28H34FN7O4S2. The van der Waals surface area contributed by atoms with Crippen molar-refractivity contribution in [3.8, 4) is 11.3 Å². The molecular weight excluding hydrogens is 581 g/mol. The molecule has 3 heterocycles. The summed E-state index contributed by atoms with van der Waals surface area (Å²) < 4.78 is 55.6. The number of hydrogen-bond acceptors (Lipinski definition) is 9. The fraction of sp³-hybridized carbons (Fsp3) is 0.357. The molecule has 14 heteroatoms. The van der Waals surface area contributed by atoms with E-state index in [-0.39, 0.29) is 11.6 Å². The molecule has 4 aromatic rings. The number of piperazine rings is 1. The molecule has 0 unspecified atom stereocenters. The van der Waals surface area contributed by atoms with Crippen LogP contribution in [-0.4, -0.2) is 95.6 Å². The molecule has 2 aromatic carbocycles. The Morgan fingerprint density at radius 1 is 1.14 bits per heavy atom. The summed E-state index contributed by atoms with van der Waals surface area (Å²) in [5.41, 5.74) is 3.10. The van der Waals surface area contributed by atoms with Gasteiger partial charge in [0.05, 0.1) is 62.5 Å². The molecule has 0 spiro atoms. The Morgan fingerprint density at radius 2 is 1.86 bits per heavy atom. The summed E-state index contributed by atoms with van der Waals surface area (Å²) >= 11 is 0. The Hall–Kier alpha value is -3.59. The molecule has 0 radical (unpaired) electrons. The van der Waals surface area contributed by atoms with Crippen molar-refractivity contribution in [1.82, 2.24) is 19.5 Å². The first-order chi connectivity index (χ1) is 19.9. The highest BCUT2D eigenvalue weighted by molar-refractivity contribution is 7.92. The molecule has 1 aliphatic rings. The number of fused-ring (bicyclic) bond motifs is 1. The van der Waals surface area contributed by atoms with Gasteiger partial charge in [-0.2, -0.15) is 0 Å². The first-order valence-corrected chi connectivity index (χ1v) is 16.8. The molecule has 0 saturated carbocycles. The van der Waals surface area contributed by atoms with Gasteiger partial charge in [-0.05, 0) is 31.2 Å². The van der Waals surface area contributed by atoms with Crippen LogP contribution >= 0.6 is 0 Å². The van der Waals surface area contributed by atoms with Gasteiger partial charge in [0.15, 0.2) is 0 Å². The number of nitrogens with one attached hydrogen (secondary N) is 1. The van der Waals surface area contributed by atoms with Crippen molar-refractivity contribution in [2.75, 3.05) is 66.8 Å². The van der Waals surface area contributed by atoms with Gasteiger partial charge in [-0.25, -0.2) is 22.3 Å². The molecule has 42 heavy (non-hydrogen) atoms. The fourth-order valence-corrected chi connectivity index (χ4v) is 6.31. The highest BCUT2D eigenvalue weighted by Crippen LogP contribution is 2.34. The van der Waals surface area contributed by atoms with E-state index in [1.54, 1.807) is 35.8 Å². The first-order valence-electron chi connectivity index (χ1n) is 13.4. The number of anilines is 4. The third kappa shape index (κ3) is 6.26. The van der Waals surface area contributed by atoms with Gasteiger partial charge >= 0.3 is 0 Å². The summed E-state index contributed by atoms with van der Waals surface area (Å²) in [5, 5.41) is 17.3. The van der Waals surface area contributed by atoms with E-state index in [2.05, 4.69) is 20.3 Å². The van der Waals surface area contributed by atoms with E-state index in [1.165, 1.54) is 23.7 Å². The lowest BCUT2D eigenvalue weighted by molar-refractivity contribution is 0.122. The van der Waals surface area contributed by atoms with E-state index in [0.29, 0.717) is 65.8 Å². The predicted molar refractivity (Wildman–Crippen MR) is 164 cm³/mol. The summed E-state index contributed by atoms with van der Waals surface area (Å²) in [6.07, 6.45) is 3.84. The summed E-state index contributed by atoms with van der Waals surface area (Å²) in [7, 11) is -3.46. The summed E-state index contributed by atoms with van der Waals surface area (Å²) in [6.45, 7) is 4.85. The van der Waals surface area contributed by atoms with E-state index < -0.39 is 32.7 Å². The van der Waals surface area contributed by atoms with Crippen molar-refractivity contribution in [1.29, 1.82) is 0 Å². The number of rotatable bonds is 9. The second-order valence-corrected chi connectivity index (χ2v) is 13.8. The van der Waals surface area contributed by atoms with Crippen LogP contribution in [0, 0.1) is 5.82 Å². The Bertz CT molecular complexity index is 1740. The van der Waals surface area contributed by atoms with Crippen molar-refractivity contribution in [3.05, 3.63) is 60.5 Å². The van der Waals surface area contributed by atoms with Gasteiger partial charge in [0.2, 0.25) is 16.0 Å². The van der Waals surface area contributed by atoms with Gasteiger partial charge in [-0.15, -0.1) is 5.10 Å². The average molecular weight is 616 g/mol. The highest BCUT2D eigenvalue weighted by atomic mass is 32.2. The monoisotopic (exact) mass is 615 g/mol. The Balaban J connectivity index is 1.46. The predicted octanol–water partition coefficient (Wildman–Crippen LogP) is 2.92. The maximum absolute atomic E-state index is 15.5. The Labute approximate surface area is 247 Å². The number of hydrogen-bond donors (Lipinski definition) is 2. The molecule has 1 fully saturated rings. The van der Waals surface area contributed by atoms with E-state index in [0.717, 1.165) is 6.26 Å². The van der Waals surface area contributed by atoms with Gasteiger partial charge in [0, 0.05) is 57.7 Å². The van der Waals surface area contributed by atoms with Crippen LogP contribution in [0.1, 0.15) is 6.92 Å². The fourth-order valence-electron chi connectivity index (χ4n) is 5.09. The van der Waals surface area contributed by atoms with Crippen molar-refractivity contribution in [3.63, 3.8) is 0 Å². The lowest BCUT2D eigenvalue weighted by atomic mass is 10.1. The minimum absolute atomic E-state index is 0.152. The van der Waals surface area contributed by atoms with Gasteiger partial charge in [0.1, 0.15) is 5.82 Å². The summed E-state index contributed by atoms with van der Waals surface area (Å²) in [6, 6.07) is 13.7. The van der Waals surface area contributed by atoms with Crippen molar-refractivity contribution >= 4 is 49.4 Å². The number of nitrogens with zero attached hydrogens (tertiary/aromatic N) is 6. The minimum atomic E-state index is -3.51. The van der Waals surface area contributed by atoms with Crippen LogP contribution in [0.2, 0.25) is 0 Å². The second kappa shape index (κ2) is 12.0. The SMILES string of the molecule is C[C@H](O)CN1CCN(c2cc([S@@](C)=O)c(Nc3ncc4ccc(-c5ccccc5N(C)S(C)(=O)=O)n4n3)cc2F)CC1. The molecule has 224 valence electrons. The minimum Gasteiger partial charge on any atom is -0.392 e. The molecule has 0 amide bonds. The standard InChI is InChI=1S/C28H34FN7O4S2/c1-19(37)18-34-11-13-35(14-12-34)26-16-27(41(3)38)23(15-22(26)29)31-28-30-17-20-9-10-25(36(20)32-28)21-7-5-6-8-24(21)33(2)42(4,39)40/h5-10,15-17,19,37H,11-14,18H2,1-4H3,(H,31,32)/t19-,41+/m0/s1. The van der Waals surface area contributed by atoms with Gasteiger partial charge in [0.25, 0.3) is 0 Å². The third-order valence-corrected chi connectivity index (χ3v) is 9.40. The lowest BCUT2D eigenvalue weighted by Gasteiger charge is -2.36. The first kappa shape index (κ1) is 29.9. The largest absolute Gasteiger partial charge is 0.392 e. The summed E-state index contributed by atoms with van der Waals surface area (Å²) in [5.74, 6) is -0.310. The number of aliphatic hydroxyl groups excluding tert-OH is 1. The van der Waals surface area contributed by atoms with E-state index in [4.69, 9.17) is 0 Å². The maximum Gasteiger partial charge on any atom is 0.245 e. The Kier molecular flexibility index (Phi) is 8.51. The normalized spacial score (nSPS) is 16.0. The molecule has 2 aromatic heterocycles. The van der Waals surface area contributed by atoms with Crippen molar-refractivity contribution in [2.24, 2.45) is 0 Å². The quantitative estimate of drug-likeness (QED) is 0.293. The zero-order chi connectivity index (χ0) is 30.2. The van der Waals surface area contributed by atoms with Crippen LogP contribution < -0.4 is 14.5 Å². The molecule has 5 rings (SSSR count). The summed E-state index contributed by atoms with van der Waals surface area (Å²) in [4.78, 5) is 8.84. The average Bonchev–Trinajstić information content (AvgIpc) is 3.35. The maximum atomic E-state index is 15.5. The zero-order valence-corrected chi connectivity index (χ0v) is 25.5. The third-order valence-electron chi connectivity index (χ3n) is 7.26. The highest BCUT2D eigenvalue weighted by Gasteiger charge is 2.23. The van der Waals surface area contributed by atoms with Gasteiger partial charge in [-0.3, -0.25) is 13.4 Å². The zero-order valence-electron chi connectivity index (χ0n) is 23.9. The molecule has 0 aliphatic carbocycles. The van der Waals surface area contributed by atoms with Gasteiger partial charge in [-0.1, -0.05) is 18.2 Å². The molecule has 2 atom stereocenters. The topological polar surface area (TPSA) is 123 Å². The number of benzene rings is 2. The van der Waals surface area contributed by atoms with Crippen molar-refractivity contribution in [2.45, 2.75) is 17.9 Å². The number of aromatic nitrogens is 3. The molecule has 1 aliphatic heterocycles. The van der Waals surface area contributed by atoms with E-state index in [1.807, 2.05) is 29.2 Å². The second-order valence-electron chi connectivity index (χ2n) is 10.4. The number of sulfonamides is 1. The van der Waals surface area contributed by atoms with Crippen molar-refractivity contribution < 1.29 is 22.1 Å². The lowest BCUT2D eigenvalue weighted by Crippen LogP contribution is -2.48. The number of halogens is 1. The number of para-hydroxylation sites is 1. The van der Waals surface area contributed by atoms with E-state index in [9.17, 15) is 17.7 Å². The van der Waals surface area contributed by atoms with E-state index >= 15 is 4.39 Å². The van der Waals surface area contributed by atoms with Crippen LogP contribution in [0.15, 0.2) is 59.6 Å². The van der Waals surface area contributed by atoms with Crippen LogP contribution in [0.4, 0.5) is 27.4 Å². The van der Waals surface area contributed by atoms with Crippen LogP contribution in [-0.2, 0) is 20.8 Å². The molecule has 11 nitrogen and oxygen atoms in total. The number of β-amino-alcohol motifs (C(OH)–C–C–N with tert-alkyl or cyclic N) is 1. The smallest absolute Gasteiger partial charge is 0.245 e. The van der Waals surface area contributed by atoms with Crippen LogP contribution in [0.25, 0.3) is 16.8 Å². The molecule has 0 bridgehead atoms. The molecule has 1 saturated heterocycles. The molecule has 2 N–H and O–H groups in total. The number of aliphatic hydroxyl groups is 1.